The van der Waals surface area contributed by atoms with Crippen LogP contribution in [0.4, 0.5) is 0 Å². The fourth-order valence-corrected chi connectivity index (χ4v) is 5.76. The fourth-order valence-electron chi connectivity index (χ4n) is 5.76. The Bertz CT molecular complexity index is 2220. The molecule has 0 saturated carbocycles. The average molecular weight is 721 g/mol. The molecule has 0 fully saturated rings. The van der Waals surface area contributed by atoms with Crippen LogP contribution in [-0.4, -0.2) is 24.1 Å². The van der Waals surface area contributed by atoms with Gasteiger partial charge in [-0.1, -0.05) is 53.9 Å². The first kappa shape index (κ1) is 26.1. The summed E-state index contributed by atoms with van der Waals surface area (Å²) in [6.07, 6.45) is 5.54. The smallest absolute Gasteiger partial charge is 0.367 e. The Labute approximate surface area is 257 Å². The van der Waals surface area contributed by atoms with Crippen LogP contribution in [0.15, 0.2) is 122 Å². The van der Waals surface area contributed by atoms with E-state index in [1.54, 1.807) is 6.20 Å². The molecule has 42 heavy (non-hydrogen) atoms. The number of aryl methyl sites for hydroxylation is 1. The number of nitrogens with zero attached hydrogens (tertiary/aromatic N) is 5. The van der Waals surface area contributed by atoms with Gasteiger partial charge in [-0.05, 0) is 46.5 Å². The molecule has 0 aliphatic heterocycles. The van der Waals surface area contributed by atoms with Crippen molar-refractivity contribution in [2.24, 2.45) is 7.05 Å². The van der Waals surface area contributed by atoms with E-state index in [0.717, 1.165) is 72.3 Å². The summed E-state index contributed by atoms with van der Waals surface area (Å²) in [7, 11) is 2.06. The number of pyridine rings is 2. The van der Waals surface area contributed by atoms with Gasteiger partial charge in [0.15, 0.2) is 0 Å². The number of fused-ring (bicyclic) bond motifs is 4. The van der Waals surface area contributed by atoms with Gasteiger partial charge in [-0.25, -0.2) is 0 Å². The molecule has 0 atom stereocenters. The standard InChI is InChI=1S/C36H23N5.Pt/c1-40-33-16-3-2-15-32(33)39-36(40)25-17-18-29-30-13-7-12-28(26-10-8-19-37-23-26)35(30)41(34(29)22-25)27-11-6-9-24(21-27)31-14-4-5-20-38-31;/h2-20,23H,1H3;/q-2;+2. The minimum atomic E-state index is 0. The molecule has 0 unspecified atom stereocenters. The quantitative estimate of drug-likeness (QED) is 0.173. The largest absolute Gasteiger partial charge is 2.00 e. The Morgan fingerprint density at radius 2 is 1.57 bits per heavy atom. The number of imidazole rings is 1. The molecule has 0 bridgehead atoms. The van der Waals surface area contributed by atoms with Crippen LogP contribution in [0.3, 0.4) is 0 Å². The van der Waals surface area contributed by atoms with E-state index in [1.807, 2.05) is 54.9 Å². The predicted octanol–water partition coefficient (Wildman–Crippen LogP) is 8.06. The molecule has 202 valence electrons. The third-order valence-corrected chi connectivity index (χ3v) is 7.66. The normalized spacial score (nSPS) is 11.3. The van der Waals surface area contributed by atoms with Crippen LogP contribution < -0.4 is 0 Å². The zero-order valence-electron chi connectivity index (χ0n) is 22.6. The van der Waals surface area contributed by atoms with Crippen LogP contribution in [0.2, 0.25) is 0 Å². The van der Waals surface area contributed by atoms with Crippen molar-refractivity contribution in [3.63, 3.8) is 0 Å². The molecule has 0 amide bonds. The third-order valence-electron chi connectivity index (χ3n) is 7.66. The summed E-state index contributed by atoms with van der Waals surface area (Å²) in [5, 5.41) is 2.26. The van der Waals surface area contributed by atoms with Crippen molar-refractivity contribution in [2.75, 3.05) is 0 Å². The Hall–Kier alpha value is -4.86. The molecule has 0 radical (unpaired) electrons. The number of para-hydroxylation sites is 3. The van der Waals surface area contributed by atoms with E-state index in [0.29, 0.717) is 0 Å². The van der Waals surface area contributed by atoms with E-state index >= 15 is 0 Å². The second-order valence-electron chi connectivity index (χ2n) is 10.1. The minimum Gasteiger partial charge on any atom is -0.367 e. The third kappa shape index (κ3) is 4.17. The molecule has 0 N–H and O–H groups in total. The Kier molecular flexibility index (Phi) is 6.53. The first-order valence-corrected chi connectivity index (χ1v) is 13.5. The minimum absolute atomic E-state index is 0. The van der Waals surface area contributed by atoms with Gasteiger partial charge in [0, 0.05) is 42.3 Å². The van der Waals surface area contributed by atoms with Crippen LogP contribution in [0.1, 0.15) is 0 Å². The van der Waals surface area contributed by atoms with Gasteiger partial charge in [0.1, 0.15) is 0 Å². The van der Waals surface area contributed by atoms with Crippen molar-refractivity contribution in [2.45, 2.75) is 0 Å². The second kappa shape index (κ2) is 10.5. The number of hydrogen-bond donors (Lipinski definition) is 0. The maximum absolute atomic E-state index is 4.96. The molecule has 0 saturated heterocycles. The fraction of sp³-hybridized carbons (Fsp3) is 0.0278. The van der Waals surface area contributed by atoms with Crippen molar-refractivity contribution >= 4 is 32.8 Å². The van der Waals surface area contributed by atoms with Gasteiger partial charge in [0.05, 0.1) is 16.9 Å². The van der Waals surface area contributed by atoms with Crippen molar-refractivity contribution < 1.29 is 21.1 Å². The van der Waals surface area contributed by atoms with E-state index in [1.165, 1.54) is 0 Å². The summed E-state index contributed by atoms with van der Waals surface area (Å²) < 4.78 is 4.40. The predicted molar refractivity (Wildman–Crippen MR) is 165 cm³/mol. The van der Waals surface area contributed by atoms with Crippen LogP contribution >= 0.6 is 0 Å². The zero-order valence-corrected chi connectivity index (χ0v) is 24.9. The first-order chi connectivity index (χ1) is 20.3. The van der Waals surface area contributed by atoms with E-state index in [-0.39, 0.29) is 21.1 Å². The van der Waals surface area contributed by atoms with Gasteiger partial charge in [-0.15, -0.1) is 53.6 Å². The summed E-state index contributed by atoms with van der Waals surface area (Å²) in [6.45, 7) is 0. The van der Waals surface area contributed by atoms with Gasteiger partial charge in [-0.2, -0.15) is 0 Å². The molecule has 4 aromatic heterocycles. The van der Waals surface area contributed by atoms with Crippen molar-refractivity contribution in [1.29, 1.82) is 0 Å². The number of hydrogen-bond acceptors (Lipinski definition) is 3. The van der Waals surface area contributed by atoms with Crippen LogP contribution in [0.25, 0.3) is 72.3 Å². The first-order valence-electron chi connectivity index (χ1n) is 13.5. The monoisotopic (exact) mass is 720 g/mol. The van der Waals surface area contributed by atoms with Gasteiger partial charge in [0.25, 0.3) is 0 Å². The van der Waals surface area contributed by atoms with Crippen LogP contribution in [-0.2, 0) is 28.1 Å². The summed E-state index contributed by atoms with van der Waals surface area (Å²) in [5.74, 6) is 0.878. The number of rotatable bonds is 4. The Morgan fingerprint density at radius 1 is 0.690 bits per heavy atom. The molecule has 5 nitrogen and oxygen atoms in total. The summed E-state index contributed by atoms with van der Waals surface area (Å²) >= 11 is 0. The molecular weight excluding hydrogens is 698 g/mol. The van der Waals surface area contributed by atoms with E-state index in [4.69, 9.17) is 4.98 Å². The molecule has 0 spiro atoms. The maximum atomic E-state index is 4.96. The SMILES string of the molecule is Cn1c(-c2[c-]c3c(cc2)c2cccc(-c4cccnc4)c2n3-c2[c-]c(-c3ccccn3)ccc2)nc2ccccc21.[Pt+2]. The number of aromatic nitrogens is 5. The van der Waals surface area contributed by atoms with Crippen molar-refractivity contribution in [1.82, 2.24) is 24.1 Å². The molecule has 0 aliphatic carbocycles. The summed E-state index contributed by atoms with van der Waals surface area (Å²) in [5.41, 5.74) is 9.93. The average Bonchev–Trinajstić information content (AvgIpc) is 3.56. The zero-order chi connectivity index (χ0) is 27.3. The van der Waals surface area contributed by atoms with E-state index < -0.39 is 0 Å². The van der Waals surface area contributed by atoms with Crippen LogP contribution in [0.5, 0.6) is 0 Å². The maximum Gasteiger partial charge on any atom is 2.00 e. The van der Waals surface area contributed by atoms with Crippen LogP contribution in [0, 0.1) is 12.1 Å². The summed E-state index contributed by atoms with van der Waals surface area (Å²) in [6, 6.07) is 42.6. The molecule has 4 aromatic carbocycles. The van der Waals surface area contributed by atoms with Gasteiger partial charge in [0.2, 0.25) is 0 Å². The molecule has 8 aromatic rings. The topological polar surface area (TPSA) is 48.5 Å². The number of benzene rings is 4. The second-order valence-corrected chi connectivity index (χ2v) is 10.1. The van der Waals surface area contributed by atoms with Gasteiger partial charge >= 0.3 is 21.1 Å². The van der Waals surface area contributed by atoms with Crippen molar-refractivity contribution in [3.8, 4) is 39.5 Å². The molecule has 6 heteroatoms. The molecule has 4 heterocycles. The van der Waals surface area contributed by atoms with Gasteiger partial charge in [-0.3, -0.25) is 9.97 Å². The Morgan fingerprint density at radius 3 is 2.40 bits per heavy atom. The summed E-state index contributed by atoms with van der Waals surface area (Å²) in [4.78, 5) is 14.0. The van der Waals surface area contributed by atoms with E-state index in [9.17, 15) is 0 Å². The molecule has 8 rings (SSSR count). The van der Waals surface area contributed by atoms with Gasteiger partial charge < -0.3 is 14.1 Å². The van der Waals surface area contributed by atoms with E-state index in [2.05, 4.69) is 98.9 Å². The molecular formula is C36H23N5Pt. The Balaban J connectivity index is 0.00000288. The van der Waals surface area contributed by atoms with Crippen molar-refractivity contribution in [3.05, 3.63) is 134 Å². The molecule has 0 aliphatic rings.